The zero-order valence-corrected chi connectivity index (χ0v) is 55.6. The first-order valence-electron chi connectivity index (χ1n) is 32.4. The highest BCUT2D eigenvalue weighted by molar-refractivity contribution is 6.00. The minimum atomic E-state index is -5.22. The molecule has 0 saturated carbocycles. The molecule has 0 spiro atoms. The summed E-state index contributed by atoms with van der Waals surface area (Å²) >= 11 is 0. The van der Waals surface area contributed by atoms with E-state index in [9.17, 15) is 99.7 Å². The number of guanidine groups is 2. The Morgan fingerprint density at radius 2 is 0.922 bits per heavy atom. The van der Waals surface area contributed by atoms with Crippen molar-refractivity contribution in [2.45, 2.75) is 170 Å². The second kappa shape index (κ2) is 42.0. The molecule has 40 heteroatoms. The number of hydrogen-bond donors (Lipinski definition) is 19. The number of unbranched alkanes of at least 4 members (excludes halogenated alkanes) is 2. The van der Waals surface area contributed by atoms with Crippen LogP contribution in [0.15, 0.2) is 58.5 Å². The number of carbonyl (C=O) groups is 15. The Balaban J connectivity index is 1.48. The summed E-state index contributed by atoms with van der Waals surface area (Å²) in [5.41, 5.74) is 20.2. The lowest BCUT2D eigenvalue weighted by Crippen LogP contribution is -2.58. The number of aliphatic imine (C=N–C) groups is 2. The molecule has 0 bridgehead atoms. The second-order valence-corrected chi connectivity index (χ2v) is 23.8. The molecule has 36 nitrogen and oxygen atoms in total. The van der Waals surface area contributed by atoms with Crippen molar-refractivity contribution in [3.05, 3.63) is 71.0 Å². The van der Waals surface area contributed by atoms with Gasteiger partial charge < -0.3 is 102 Å². The van der Waals surface area contributed by atoms with E-state index < -0.39 is 193 Å². The Morgan fingerprint density at radius 1 is 0.520 bits per heavy atom. The van der Waals surface area contributed by atoms with E-state index in [0.717, 1.165) is 13.0 Å². The molecule has 102 heavy (non-hydrogen) atoms. The van der Waals surface area contributed by atoms with Gasteiger partial charge in [-0.05, 0) is 93.9 Å². The smallest absolute Gasteiger partial charge is 0.419 e. The van der Waals surface area contributed by atoms with Crippen molar-refractivity contribution in [1.82, 2.24) is 69.1 Å². The highest BCUT2D eigenvalue weighted by Gasteiger charge is 2.38. The third kappa shape index (κ3) is 30.9. The van der Waals surface area contributed by atoms with Crippen LogP contribution in [-0.4, -0.2) is 205 Å². The Labute approximate surface area is 581 Å². The van der Waals surface area contributed by atoms with Crippen LogP contribution in [0.1, 0.15) is 114 Å². The lowest BCUT2D eigenvalue weighted by molar-refractivity contribution is -0.141. The van der Waals surface area contributed by atoms with Crippen molar-refractivity contribution < 1.29 is 99.7 Å². The summed E-state index contributed by atoms with van der Waals surface area (Å²) in [6.07, 6.45) is -9.11. The number of nitrogens with zero attached hydrogens (tertiary/aromatic N) is 2. The van der Waals surface area contributed by atoms with Crippen LogP contribution in [0.3, 0.4) is 0 Å². The maximum atomic E-state index is 14.4. The van der Waals surface area contributed by atoms with Gasteiger partial charge in [-0.3, -0.25) is 81.9 Å². The number of aliphatic carboxylic acids is 2. The van der Waals surface area contributed by atoms with Crippen LogP contribution in [0.5, 0.6) is 0 Å². The van der Waals surface area contributed by atoms with Crippen LogP contribution in [0.25, 0.3) is 0 Å². The first kappa shape index (κ1) is 83.2. The number of alkyl halides is 3. The van der Waals surface area contributed by atoms with E-state index in [-0.39, 0.29) is 127 Å². The van der Waals surface area contributed by atoms with E-state index in [0.29, 0.717) is 17.7 Å². The van der Waals surface area contributed by atoms with Crippen molar-refractivity contribution in [1.29, 1.82) is 0 Å². The fourth-order valence-corrected chi connectivity index (χ4v) is 10.4. The van der Waals surface area contributed by atoms with Crippen LogP contribution in [0.2, 0.25) is 0 Å². The van der Waals surface area contributed by atoms with Crippen molar-refractivity contribution in [3.8, 4) is 0 Å². The highest BCUT2D eigenvalue weighted by atomic mass is 19.4. The Morgan fingerprint density at radius 3 is 1.35 bits per heavy atom. The monoisotopic (exact) mass is 1440 g/mol. The van der Waals surface area contributed by atoms with Crippen molar-refractivity contribution >= 4 is 101 Å². The van der Waals surface area contributed by atoms with Gasteiger partial charge in [-0.15, -0.1) is 0 Å². The molecule has 23 N–H and O–H groups in total. The standard InChI is InChI=1S/C62H87F4N19O17/c1-32(86)77-41(51(94)72-22-8-6-14-40-56(99)82-42(26-33-11-3-2-4-12-33)58(101)84-44(28-49(90)91)52(95)75-30-47(88)79-38(55(98)81-40)16-10-24-74-61(69)70)19-20-46(87)71-21-7-5-13-39-57(100)83-43(27-34-17-18-36(63)35(25-34)62(64,65)66)59(102)85-45(29-50(92)93)53(96)76-31-48(89)78-37(54(97)80-39)15-9-23-73-60(67)68/h2-4,11-12,17-18,25,37-45H,5-10,13-16,19-24,26-31H2,1H3,(H,71,87)(H,72,94)(H,75,95)(H,76,96)(H,77,86)(H,78,89)(H,79,88)(H,80,97)(H,81,98)(H,82,99)(H,83,100)(H,84,101)(H,85,102)(H,90,91)(H,92,93)(H4,67,68,73)(H4,69,70,74)/t37-,38-,39-,40-,41?,42+,43+,44-,45-/m1/s1/i63-1. The molecule has 2 saturated heterocycles. The van der Waals surface area contributed by atoms with Gasteiger partial charge >= 0.3 is 18.1 Å². The third-order valence-corrected chi connectivity index (χ3v) is 15.5. The van der Waals surface area contributed by atoms with Gasteiger partial charge in [-0.2, -0.15) is 13.2 Å². The molecular weight excluding hydrogens is 1360 g/mol. The maximum absolute atomic E-state index is 14.4. The number of rotatable bonds is 31. The summed E-state index contributed by atoms with van der Waals surface area (Å²) < 4.78 is 55.9. The zero-order chi connectivity index (χ0) is 75.6. The first-order chi connectivity index (χ1) is 48.2. The Hall–Kier alpha value is -11.3. The maximum Gasteiger partial charge on any atom is 0.419 e. The summed E-state index contributed by atoms with van der Waals surface area (Å²) in [6.45, 7) is -0.736. The molecule has 2 aliphatic rings. The highest BCUT2D eigenvalue weighted by Crippen LogP contribution is 2.32. The average molecular weight is 1450 g/mol. The molecule has 4 rings (SSSR count). The fourth-order valence-electron chi connectivity index (χ4n) is 10.4. The normalized spacial score (nSPS) is 20.9. The SMILES string of the molecule is CC(=O)NC(CCC(=O)NCCCC[C@H]1NC(=O)[C@@H](CCCN=C(N)N)NC(=O)CNC(=O)[C@@H](CC(=O)O)NC(=O)[C@H](Cc2ccc([18F])c(C(F)(F)F)c2)NC1=O)C(=O)NCCCC[C@H]1NC(=O)[C@@H](CCCN=C(N)N)NC(=O)CNC(=O)[C@@H](CC(=O)O)NC(=O)[C@H](Cc2ccccc2)NC1=O. The molecule has 2 aliphatic heterocycles. The van der Waals surface area contributed by atoms with Gasteiger partial charge in [-0.1, -0.05) is 36.4 Å². The number of nitrogens with two attached hydrogens (primary N) is 4. The Bertz CT molecular complexity index is 3390. The van der Waals surface area contributed by atoms with Crippen LogP contribution in [-0.2, 0) is 90.9 Å². The molecule has 13 amide bonds. The zero-order valence-electron chi connectivity index (χ0n) is 55.6. The number of nitrogens with one attached hydrogen (secondary N) is 13. The molecule has 0 aliphatic carbocycles. The number of carbonyl (C=O) groups excluding carboxylic acids is 13. The van der Waals surface area contributed by atoms with Crippen LogP contribution in [0, 0.1) is 5.82 Å². The minimum absolute atomic E-state index is 0.0120. The topological polar surface area (TPSA) is 582 Å². The fraction of sp³-hybridized carbons (Fsp3) is 0.532. The van der Waals surface area contributed by atoms with Crippen LogP contribution in [0.4, 0.5) is 17.6 Å². The summed E-state index contributed by atoms with van der Waals surface area (Å²) in [5, 5.41) is 50.8. The van der Waals surface area contributed by atoms with Gasteiger partial charge in [0.1, 0.15) is 60.2 Å². The van der Waals surface area contributed by atoms with Crippen LogP contribution < -0.4 is 92.1 Å². The van der Waals surface area contributed by atoms with E-state index in [1.807, 2.05) is 0 Å². The number of benzene rings is 2. The van der Waals surface area contributed by atoms with E-state index >= 15 is 0 Å². The summed E-state index contributed by atoms with van der Waals surface area (Å²) in [4.78, 5) is 208. The molecule has 0 aromatic heterocycles. The quantitative estimate of drug-likeness (QED) is 0.0145. The van der Waals surface area contributed by atoms with Gasteiger partial charge in [0.05, 0.1) is 31.5 Å². The number of carboxylic acids is 2. The number of halogens is 4. The van der Waals surface area contributed by atoms with Gasteiger partial charge in [0, 0.05) is 52.4 Å². The molecule has 2 aromatic rings. The van der Waals surface area contributed by atoms with Gasteiger partial charge in [0.25, 0.3) is 0 Å². The van der Waals surface area contributed by atoms with E-state index in [2.05, 4.69) is 79.1 Å². The molecule has 560 valence electrons. The summed E-state index contributed by atoms with van der Waals surface area (Å²) in [6, 6.07) is -4.21. The summed E-state index contributed by atoms with van der Waals surface area (Å²) in [7, 11) is 0. The predicted molar refractivity (Wildman–Crippen MR) is 352 cm³/mol. The Kier molecular flexibility index (Phi) is 34.2. The molecular formula is C62H87F4N19O17. The number of amides is 13. The molecule has 9 atom stereocenters. The minimum Gasteiger partial charge on any atom is -0.481 e. The van der Waals surface area contributed by atoms with Crippen LogP contribution >= 0.6 is 0 Å². The van der Waals surface area contributed by atoms with Gasteiger partial charge in [-0.25, -0.2) is 4.39 Å². The summed E-state index contributed by atoms with van der Waals surface area (Å²) in [5.74, 6) is -17.7. The molecule has 0 radical (unpaired) electrons. The third-order valence-electron chi connectivity index (χ3n) is 15.5. The molecule has 2 aromatic carbocycles. The van der Waals surface area contributed by atoms with Crippen molar-refractivity contribution in [2.24, 2.45) is 32.9 Å². The van der Waals surface area contributed by atoms with E-state index in [4.69, 9.17) is 22.9 Å². The predicted octanol–water partition coefficient (Wildman–Crippen LogP) is -5.32. The van der Waals surface area contributed by atoms with Crippen molar-refractivity contribution in [3.63, 3.8) is 0 Å². The molecule has 1 unspecified atom stereocenters. The molecule has 2 fully saturated rings. The van der Waals surface area contributed by atoms with E-state index in [1.165, 1.54) is 0 Å². The van der Waals surface area contributed by atoms with Crippen molar-refractivity contribution in [2.75, 3.05) is 39.3 Å². The number of hydrogen-bond acceptors (Lipinski definition) is 17. The van der Waals surface area contributed by atoms with Gasteiger partial charge in [0.2, 0.25) is 76.8 Å². The molecule has 2 heterocycles. The average Bonchev–Trinajstić information content (AvgIpc) is 0.946. The number of carboxylic acid groups (broad SMARTS) is 2. The lowest BCUT2D eigenvalue weighted by Gasteiger charge is -2.26. The van der Waals surface area contributed by atoms with Gasteiger partial charge in [0.15, 0.2) is 11.9 Å². The van der Waals surface area contributed by atoms with E-state index in [1.54, 1.807) is 30.3 Å². The lowest BCUT2D eigenvalue weighted by atomic mass is 10.0. The second-order valence-electron chi connectivity index (χ2n) is 23.8. The largest absolute Gasteiger partial charge is 0.481 e. The first-order valence-corrected chi connectivity index (χ1v) is 32.4.